The van der Waals surface area contributed by atoms with E-state index in [-0.39, 0.29) is 6.61 Å². The van der Waals surface area contributed by atoms with E-state index in [0.29, 0.717) is 13.2 Å². The smallest absolute Gasteiger partial charge is 0.0637 e. The van der Waals surface area contributed by atoms with Crippen molar-refractivity contribution in [2.24, 2.45) is 0 Å². The van der Waals surface area contributed by atoms with Gasteiger partial charge in [-0.25, -0.2) is 0 Å². The highest BCUT2D eigenvalue weighted by atomic mass is 16.5. The van der Waals surface area contributed by atoms with E-state index in [1.54, 1.807) is 7.11 Å². The molecule has 0 saturated carbocycles. The van der Waals surface area contributed by atoms with Crippen LogP contribution < -0.4 is 10.2 Å². The van der Waals surface area contributed by atoms with Gasteiger partial charge in [0.1, 0.15) is 0 Å². The highest BCUT2D eigenvalue weighted by Gasteiger charge is 2.07. The Labute approximate surface area is 122 Å². The maximum absolute atomic E-state index is 9.17. The van der Waals surface area contributed by atoms with Crippen molar-refractivity contribution in [3.63, 3.8) is 0 Å². The molecule has 1 aromatic carbocycles. The maximum Gasteiger partial charge on any atom is 0.0637 e. The van der Waals surface area contributed by atoms with E-state index in [9.17, 15) is 5.11 Å². The monoisotopic (exact) mass is 280 g/mol. The molecule has 0 amide bonds. The van der Waals surface area contributed by atoms with E-state index in [2.05, 4.69) is 42.3 Å². The molecule has 1 rings (SSSR count). The Hall–Kier alpha value is -1.10. The Bertz CT molecular complexity index is 383. The normalized spacial score (nSPS) is 10.8. The van der Waals surface area contributed by atoms with Gasteiger partial charge in [0.25, 0.3) is 0 Å². The van der Waals surface area contributed by atoms with Gasteiger partial charge in [0.05, 0.1) is 13.2 Å². The van der Waals surface area contributed by atoms with Gasteiger partial charge in [0.2, 0.25) is 0 Å². The van der Waals surface area contributed by atoms with Crippen molar-refractivity contribution < 1.29 is 9.84 Å². The Morgan fingerprint density at radius 2 is 2.10 bits per heavy atom. The predicted octanol–water partition coefficient (Wildman–Crippen LogP) is 1.94. The number of benzene rings is 1. The van der Waals surface area contributed by atoms with E-state index in [0.717, 1.165) is 31.7 Å². The molecule has 0 aliphatic heterocycles. The van der Waals surface area contributed by atoms with Crippen LogP contribution in [0.15, 0.2) is 18.2 Å². The number of nitrogens with zero attached hydrogens (tertiary/aromatic N) is 1. The van der Waals surface area contributed by atoms with Crippen LogP contribution in [-0.4, -0.2) is 45.1 Å². The molecule has 2 N–H and O–H groups in total. The number of hydrogen-bond acceptors (Lipinski definition) is 4. The second kappa shape index (κ2) is 9.75. The number of rotatable bonds is 10. The summed E-state index contributed by atoms with van der Waals surface area (Å²) in [7, 11) is 1.70. The van der Waals surface area contributed by atoms with E-state index in [4.69, 9.17) is 4.74 Å². The number of aliphatic hydroxyl groups excluding tert-OH is 1. The first kappa shape index (κ1) is 17.0. The lowest BCUT2D eigenvalue weighted by molar-refractivity contribution is 0.203. The predicted molar refractivity (Wildman–Crippen MR) is 84.4 cm³/mol. The van der Waals surface area contributed by atoms with E-state index >= 15 is 0 Å². The lowest BCUT2D eigenvalue weighted by Gasteiger charge is -2.24. The summed E-state index contributed by atoms with van der Waals surface area (Å²) in [6, 6.07) is 6.49. The molecule has 0 atom stereocenters. The Morgan fingerprint density at radius 1 is 1.30 bits per heavy atom. The third kappa shape index (κ3) is 5.49. The molecule has 0 bridgehead atoms. The topological polar surface area (TPSA) is 44.7 Å². The van der Waals surface area contributed by atoms with Gasteiger partial charge >= 0.3 is 0 Å². The second-order valence-corrected chi connectivity index (χ2v) is 4.99. The first-order chi connectivity index (χ1) is 9.72. The number of ether oxygens (including phenoxy) is 1. The van der Waals surface area contributed by atoms with Crippen LogP contribution >= 0.6 is 0 Å². The summed E-state index contributed by atoms with van der Waals surface area (Å²) in [5.41, 5.74) is 3.76. The van der Waals surface area contributed by atoms with Crippen molar-refractivity contribution in [1.29, 1.82) is 0 Å². The van der Waals surface area contributed by atoms with Crippen LogP contribution in [0, 0.1) is 6.92 Å². The fourth-order valence-electron chi connectivity index (χ4n) is 2.17. The number of aryl methyl sites for hydroxylation is 1. The fraction of sp³-hybridized carbons (Fsp3) is 0.625. The van der Waals surface area contributed by atoms with Crippen LogP contribution in [0.1, 0.15) is 24.5 Å². The molecular weight excluding hydrogens is 252 g/mol. The number of nitrogens with one attached hydrogen (secondary N) is 1. The van der Waals surface area contributed by atoms with Gasteiger partial charge in [-0.15, -0.1) is 0 Å². The number of aliphatic hydroxyl groups is 1. The van der Waals surface area contributed by atoms with Crippen molar-refractivity contribution in [2.45, 2.75) is 26.8 Å². The molecule has 0 heterocycles. The summed E-state index contributed by atoms with van der Waals surface area (Å²) in [6.45, 7) is 8.52. The van der Waals surface area contributed by atoms with Gasteiger partial charge in [-0.05, 0) is 43.1 Å². The Kier molecular flexibility index (Phi) is 8.26. The molecule has 4 heteroatoms. The first-order valence-electron chi connectivity index (χ1n) is 7.38. The van der Waals surface area contributed by atoms with Gasteiger partial charge in [0, 0.05) is 32.4 Å². The van der Waals surface area contributed by atoms with E-state index in [1.165, 1.54) is 11.1 Å². The average molecular weight is 280 g/mol. The zero-order valence-electron chi connectivity index (χ0n) is 13.0. The summed E-state index contributed by atoms with van der Waals surface area (Å²) in [5, 5.41) is 12.6. The summed E-state index contributed by atoms with van der Waals surface area (Å²) >= 11 is 0. The molecule has 0 radical (unpaired) electrons. The highest BCUT2D eigenvalue weighted by molar-refractivity contribution is 5.50. The SMILES string of the molecule is CCCNCc1ccc(N(CCO)CCOC)cc1C. The molecule has 0 aromatic heterocycles. The largest absolute Gasteiger partial charge is 0.395 e. The van der Waals surface area contributed by atoms with Crippen LogP contribution in [0.25, 0.3) is 0 Å². The van der Waals surface area contributed by atoms with E-state index < -0.39 is 0 Å². The quantitative estimate of drug-likeness (QED) is 0.643. The zero-order chi connectivity index (χ0) is 14.8. The second-order valence-electron chi connectivity index (χ2n) is 4.99. The molecule has 0 fully saturated rings. The van der Waals surface area contributed by atoms with Gasteiger partial charge in [-0.1, -0.05) is 13.0 Å². The third-order valence-electron chi connectivity index (χ3n) is 3.37. The van der Waals surface area contributed by atoms with Gasteiger partial charge in [-0.2, -0.15) is 0 Å². The van der Waals surface area contributed by atoms with Crippen LogP contribution in [0.3, 0.4) is 0 Å². The fourth-order valence-corrected chi connectivity index (χ4v) is 2.17. The number of hydrogen-bond donors (Lipinski definition) is 2. The zero-order valence-corrected chi connectivity index (χ0v) is 13.0. The van der Waals surface area contributed by atoms with Crippen molar-refractivity contribution in [3.8, 4) is 0 Å². The molecule has 4 nitrogen and oxygen atoms in total. The maximum atomic E-state index is 9.17. The Balaban J connectivity index is 2.71. The number of anilines is 1. The standard InChI is InChI=1S/C16H28N2O2/c1-4-7-17-13-15-5-6-16(12-14(15)2)18(8-10-19)9-11-20-3/h5-6,12,17,19H,4,7-11,13H2,1-3H3. The van der Waals surface area contributed by atoms with Crippen molar-refractivity contribution in [1.82, 2.24) is 5.32 Å². The van der Waals surface area contributed by atoms with Gasteiger partial charge in [0.15, 0.2) is 0 Å². The van der Waals surface area contributed by atoms with E-state index in [1.807, 2.05) is 0 Å². The summed E-state index contributed by atoms with van der Waals surface area (Å²) in [4.78, 5) is 2.15. The van der Waals surface area contributed by atoms with Crippen LogP contribution in [0.4, 0.5) is 5.69 Å². The molecular formula is C16H28N2O2. The minimum atomic E-state index is 0.155. The summed E-state index contributed by atoms with van der Waals surface area (Å²) in [5.74, 6) is 0. The summed E-state index contributed by atoms with van der Waals surface area (Å²) in [6.07, 6.45) is 1.15. The molecule has 20 heavy (non-hydrogen) atoms. The van der Waals surface area contributed by atoms with Crippen LogP contribution in [0.2, 0.25) is 0 Å². The summed E-state index contributed by atoms with van der Waals surface area (Å²) < 4.78 is 5.13. The molecule has 0 aliphatic rings. The third-order valence-corrected chi connectivity index (χ3v) is 3.37. The first-order valence-corrected chi connectivity index (χ1v) is 7.38. The molecule has 0 spiro atoms. The molecule has 0 saturated heterocycles. The molecule has 0 unspecified atom stereocenters. The minimum Gasteiger partial charge on any atom is -0.395 e. The van der Waals surface area contributed by atoms with Crippen LogP contribution in [0.5, 0.6) is 0 Å². The highest BCUT2D eigenvalue weighted by Crippen LogP contribution is 2.19. The molecule has 1 aromatic rings. The average Bonchev–Trinajstić information content (AvgIpc) is 2.45. The van der Waals surface area contributed by atoms with Crippen molar-refractivity contribution in [3.05, 3.63) is 29.3 Å². The number of methoxy groups -OCH3 is 1. The molecule has 0 aliphatic carbocycles. The van der Waals surface area contributed by atoms with Crippen LogP contribution in [-0.2, 0) is 11.3 Å². The van der Waals surface area contributed by atoms with Gasteiger partial charge in [-0.3, -0.25) is 0 Å². The van der Waals surface area contributed by atoms with Crippen molar-refractivity contribution in [2.75, 3.05) is 44.9 Å². The van der Waals surface area contributed by atoms with Gasteiger partial charge < -0.3 is 20.1 Å². The minimum absolute atomic E-state index is 0.155. The van der Waals surface area contributed by atoms with Crippen molar-refractivity contribution >= 4 is 5.69 Å². The molecule has 114 valence electrons. The lowest BCUT2D eigenvalue weighted by atomic mass is 10.1. The Morgan fingerprint density at radius 3 is 2.70 bits per heavy atom. The lowest BCUT2D eigenvalue weighted by Crippen LogP contribution is -2.30.